The van der Waals surface area contributed by atoms with Crippen LogP contribution in [0.2, 0.25) is 0 Å². The van der Waals surface area contributed by atoms with E-state index in [2.05, 4.69) is 23.4 Å². The van der Waals surface area contributed by atoms with Crippen molar-refractivity contribution in [2.45, 2.75) is 57.2 Å². The third-order valence-corrected chi connectivity index (χ3v) is 4.78. The SMILES string of the molecule is CCC1NC2(CCCC2)C(=O)N1CCCSC. The van der Waals surface area contributed by atoms with Crippen LogP contribution in [0.25, 0.3) is 0 Å². The van der Waals surface area contributed by atoms with Crippen LogP contribution in [0.4, 0.5) is 0 Å². The summed E-state index contributed by atoms with van der Waals surface area (Å²) in [7, 11) is 0. The summed E-state index contributed by atoms with van der Waals surface area (Å²) in [6.07, 6.45) is 9.03. The van der Waals surface area contributed by atoms with Gasteiger partial charge in [-0.05, 0) is 37.7 Å². The van der Waals surface area contributed by atoms with Crippen molar-refractivity contribution in [2.75, 3.05) is 18.6 Å². The highest BCUT2D eigenvalue weighted by Gasteiger charge is 2.51. The Hall–Kier alpha value is -0.220. The van der Waals surface area contributed by atoms with E-state index in [0.717, 1.165) is 38.0 Å². The zero-order valence-electron chi connectivity index (χ0n) is 11.0. The lowest BCUT2D eigenvalue weighted by Gasteiger charge is -2.23. The molecule has 17 heavy (non-hydrogen) atoms. The maximum atomic E-state index is 12.5. The summed E-state index contributed by atoms with van der Waals surface area (Å²) in [6.45, 7) is 3.09. The summed E-state index contributed by atoms with van der Waals surface area (Å²) in [5, 5.41) is 3.61. The van der Waals surface area contributed by atoms with Gasteiger partial charge in [-0.15, -0.1) is 0 Å². The van der Waals surface area contributed by atoms with Gasteiger partial charge in [0.25, 0.3) is 0 Å². The standard InChI is InChI=1S/C13H24N2OS/c1-3-11-14-13(7-4-5-8-13)12(16)15(11)9-6-10-17-2/h11,14H,3-10H2,1-2H3. The van der Waals surface area contributed by atoms with Crippen LogP contribution in [0.15, 0.2) is 0 Å². The van der Waals surface area contributed by atoms with Crippen LogP contribution in [0.5, 0.6) is 0 Å². The van der Waals surface area contributed by atoms with Gasteiger partial charge in [-0.3, -0.25) is 10.1 Å². The van der Waals surface area contributed by atoms with Crippen LogP contribution in [0.1, 0.15) is 45.4 Å². The van der Waals surface area contributed by atoms with Crippen molar-refractivity contribution >= 4 is 17.7 Å². The molecule has 1 saturated heterocycles. The number of carbonyl (C=O) groups is 1. The third kappa shape index (κ3) is 2.48. The molecule has 0 aromatic rings. The van der Waals surface area contributed by atoms with Gasteiger partial charge in [0.1, 0.15) is 0 Å². The highest BCUT2D eigenvalue weighted by atomic mass is 32.2. The lowest BCUT2D eigenvalue weighted by Crippen LogP contribution is -2.44. The molecule has 1 unspecified atom stereocenters. The van der Waals surface area contributed by atoms with Crippen LogP contribution < -0.4 is 5.32 Å². The largest absolute Gasteiger partial charge is 0.326 e. The molecule has 3 nitrogen and oxygen atoms in total. The minimum absolute atomic E-state index is 0.181. The molecule has 1 saturated carbocycles. The molecule has 1 heterocycles. The molecule has 0 bridgehead atoms. The Kier molecular flexibility index (Phi) is 4.36. The minimum Gasteiger partial charge on any atom is -0.326 e. The van der Waals surface area contributed by atoms with Crippen molar-refractivity contribution in [1.82, 2.24) is 10.2 Å². The van der Waals surface area contributed by atoms with Crippen molar-refractivity contribution in [2.24, 2.45) is 0 Å². The average Bonchev–Trinajstić information content (AvgIpc) is 2.90. The fraction of sp³-hybridized carbons (Fsp3) is 0.923. The zero-order chi connectivity index (χ0) is 12.3. The van der Waals surface area contributed by atoms with Crippen molar-refractivity contribution in [3.8, 4) is 0 Å². The van der Waals surface area contributed by atoms with Gasteiger partial charge >= 0.3 is 0 Å². The van der Waals surface area contributed by atoms with Crippen molar-refractivity contribution in [1.29, 1.82) is 0 Å². The van der Waals surface area contributed by atoms with Crippen LogP contribution in [0.3, 0.4) is 0 Å². The molecule has 0 aromatic heterocycles. The molecule has 1 aliphatic carbocycles. The van der Waals surface area contributed by atoms with Gasteiger partial charge in [0, 0.05) is 6.54 Å². The number of rotatable bonds is 5. The molecule has 1 aliphatic heterocycles. The predicted molar refractivity (Wildman–Crippen MR) is 73.1 cm³/mol. The second kappa shape index (κ2) is 5.61. The number of hydrogen-bond acceptors (Lipinski definition) is 3. The maximum absolute atomic E-state index is 12.5. The average molecular weight is 256 g/mol. The van der Waals surface area contributed by atoms with Crippen LogP contribution in [0, 0.1) is 0 Å². The first kappa shape index (κ1) is 13.2. The van der Waals surface area contributed by atoms with Crippen LogP contribution in [-0.4, -0.2) is 41.1 Å². The van der Waals surface area contributed by atoms with E-state index in [9.17, 15) is 4.79 Å². The van der Waals surface area contributed by atoms with Gasteiger partial charge in [0.05, 0.1) is 11.7 Å². The fourth-order valence-electron chi connectivity index (χ4n) is 3.17. The fourth-order valence-corrected chi connectivity index (χ4v) is 3.59. The second-order valence-corrected chi connectivity index (χ2v) is 6.19. The molecule has 2 rings (SSSR count). The molecule has 2 aliphatic rings. The molecular weight excluding hydrogens is 232 g/mol. The molecule has 1 spiro atoms. The van der Waals surface area contributed by atoms with E-state index >= 15 is 0 Å². The molecule has 0 aromatic carbocycles. The monoisotopic (exact) mass is 256 g/mol. The number of nitrogens with zero attached hydrogens (tertiary/aromatic N) is 1. The van der Waals surface area contributed by atoms with E-state index < -0.39 is 0 Å². The minimum atomic E-state index is -0.181. The normalized spacial score (nSPS) is 27.3. The smallest absolute Gasteiger partial charge is 0.244 e. The summed E-state index contributed by atoms with van der Waals surface area (Å²) >= 11 is 1.86. The molecule has 1 amide bonds. The lowest BCUT2D eigenvalue weighted by atomic mass is 9.98. The van der Waals surface area contributed by atoms with E-state index in [-0.39, 0.29) is 11.7 Å². The molecule has 98 valence electrons. The Morgan fingerprint density at radius 1 is 1.47 bits per heavy atom. The Morgan fingerprint density at radius 2 is 2.18 bits per heavy atom. The number of amides is 1. The second-order valence-electron chi connectivity index (χ2n) is 5.20. The maximum Gasteiger partial charge on any atom is 0.244 e. The van der Waals surface area contributed by atoms with E-state index in [4.69, 9.17) is 0 Å². The Morgan fingerprint density at radius 3 is 2.76 bits per heavy atom. The first-order valence-corrected chi connectivity index (χ1v) is 8.20. The zero-order valence-corrected chi connectivity index (χ0v) is 11.8. The summed E-state index contributed by atoms with van der Waals surface area (Å²) < 4.78 is 0. The molecule has 1 atom stereocenters. The molecule has 1 N–H and O–H groups in total. The summed E-state index contributed by atoms with van der Waals surface area (Å²) in [5.74, 6) is 1.52. The van der Waals surface area contributed by atoms with Gasteiger partial charge in [-0.2, -0.15) is 11.8 Å². The number of carbonyl (C=O) groups excluding carboxylic acids is 1. The quantitative estimate of drug-likeness (QED) is 0.766. The van der Waals surface area contributed by atoms with Gasteiger partial charge in [-0.1, -0.05) is 19.8 Å². The molecule has 2 fully saturated rings. The molecular formula is C13H24N2OS. The third-order valence-electron chi connectivity index (χ3n) is 4.08. The van der Waals surface area contributed by atoms with E-state index in [1.54, 1.807) is 0 Å². The molecule has 0 radical (unpaired) electrons. The Bertz CT molecular complexity index is 277. The van der Waals surface area contributed by atoms with Gasteiger partial charge in [0.15, 0.2) is 0 Å². The van der Waals surface area contributed by atoms with Crippen LogP contribution >= 0.6 is 11.8 Å². The van der Waals surface area contributed by atoms with Gasteiger partial charge in [0.2, 0.25) is 5.91 Å². The van der Waals surface area contributed by atoms with Gasteiger partial charge < -0.3 is 4.90 Å². The highest BCUT2D eigenvalue weighted by molar-refractivity contribution is 7.98. The van der Waals surface area contributed by atoms with E-state index in [1.807, 2.05) is 11.8 Å². The number of nitrogens with one attached hydrogen (secondary N) is 1. The lowest BCUT2D eigenvalue weighted by molar-refractivity contribution is -0.133. The van der Waals surface area contributed by atoms with E-state index in [0.29, 0.717) is 5.91 Å². The van der Waals surface area contributed by atoms with Crippen molar-refractivity contribution < 1.29 is 4.79 Å². The number of hydrogen-bond donors (Lipinski definition) is 1. The summed E-state index contributed by atoms with van der Waals surface area (Å²) in [6, 6.07) is 0. The first-order valence-electron chi connectivity index (χ1n) is 6.81. The van der Waals surface area contributed by atoms with E-state index in [1.165, 1.54) is 12.8 Å². The van der Waals surface area contributed by atoms with Gasteiger partial charge in [-0.25, -0.2) is 0 Å². The predicted octanol–water partition coefficient (Wildman–Crippen LogP) is 2.22. The molecule has 4 heteroatoms. The Balaban J connectivity index is 2.01. The topological polar surface area (TPSA) is 32.3 Å². The van der Waals surface area contributed by atoms with Crippen molar-refractivity contribution in [3.05, 3.63) is 0 Å². The van der Waals surface area contributed by atoms with Crippen molar-refractivity contribution in [3.63, 3.8) is 0 Å². The summed E-state index contributed by atoms with van der Waals surface area (Å²) in [4.78, 5) is 14.6. The highest BCUT2D eigenvalue weighted by Crippen LogP contribution is 2.36. The summed E-state index contributed by atoms with van der Waals surface area (Å²) in [5.41, 5.74) is -0.181. The first-order chi connectivity index (χ1) is 8.23. The van der Waals surface area contributed by atoms with Crippen LogP contribution in [-0.2, 0) is 4.79 Å². The Labute approximate surface area is 109 Å². The number of thioether (sulfide) groups is 1.